The maximum atomic E-state index is 5.25. The number of aromatic nitrogens is 2. The third-order valence-corrected chi connectivity index (χ3v) is 6.24. The fourth-order valence-corrected chi connectivity index (χ4v) is 4.53. The molecular weight excluding hydrogens is 444 g/mol. The van der Waals surface area contributed by atoms with E-state index in [0.29, 0.717) is 0 Å². The number of hydrogen-bond donors (Lipinski definition) is 0. The molecule has 2 nitrogen and oxygen atoms in total. The first kappa shape index (κ1) is 18.2. The van der Waals surface area contributed by atoms with Crippen LogP contribution in [0.1, 0.15) is 0 Å². The first-order valence-corrected chi connectivity index (χ1v) is 11.0. The Hall–Kier alpha value is -3.56. The monoisotopic (exact) mass is 460 g/mol. The summed E-state index contributed by atoms with van der Waals surface area (Å²) in [7, 11) is 0. The van der Waals surface area contributed by atoms with Crippen molar-refractivity contribution in [2.45, 2.75) is 0 Å². The van der Waals surface area contributed by atoms with Crippen LogP contribution in [0, 0.1) is 0 Å². The zero-order valence-electron chi connectivity index (χ0n) is 16.6. The number of halogens is 1. The standard InChI is InChI=1S/C28H17BrN2/c29-20-16-14-19(15-17-20)26-25(18-8-2-1-3-9-18)30-27-23-12-6-4-10-21(23)22-11-5-7-13-24(22)28(27)31-26/h1-17H. The van der Waals surface area contributed by atoms with E-state index in [1.54, 1.807) is 0 Å². The largest absolute Gasteiger partial charge is 0.243 e. The normalized spacial score (nSPS) is 11.4. The molecule has 0 unspecified atom stereocenters. The molecule has 6 rings (SSSR count). The summed E-state index contributed by atoms with van der Waals surface area (Å²) in [5, 5.41) is 4.66. The van der Waals surface area contributed by atoms with E-state index >= 15 is 0 Å². The highest BCUT2D eigenvalue weighted by molar-refractivity contribution is 9.10. The van der Waals surface area contributed by atoms with Crippen molar-refractivity contribution in [3.63, 3.8) is 0 Å². The number of rotatable bonds is 2. The Labute approximate surface area is 188 Å². The van der Waals surface area contributed by atoms with Gasteiger partial charge in [-0.3, -0.25) is 0 Å². The highest BCUT2D eigenvalue weighted by Crippen LogP contribution is 2.37. The minimum atomic E-state index is 0.895. The van der Waals surface area contributed by atoms with E-state index < -0.39 is 0 Å². The molecule has 5 aromatic carbocycles. The van der Waals surface area contributed by atoms with Gasteiger partial charge in [-0.1, -0.05) is 107 Å². The zero-order chi connectivity index (χ0) is 20.8. The quantitative estimate of drug-likeness (QED) is 0.244. The van der Waals surface area contributed by atoms with Gasteiger partial charge in [-0.15, -0.1) is 0 Å². The second-order valence-electron chi connectivity index (χ2n) is 7.58. The second-order valence-corrected chi connectivity index (χ2v) is 8.50. The average Bonchev–Trinajstić information content (AvgIpc) is 2.84. The van der Waals surface area contributed by atoms with E-state index in [1.807, 2.05) is 18.2 Å². The van der Waals surface area contributed by atoms with E-state index in [-0.39, 0.29) is 0 Å². The lowest BCUT2D eigenvalue weighted by molar-refractivity contribution is 1.31. The Bertz CT molecular complexity index is 1570. The Balaban J connectivity index is 1.81. The van der Waals surface area contributed by atoms with Crippen molar-refractivity contribution in [2.75, 3.05) is 0 Å². The number of nitrogens with zero attached hydrogens (tertiary/aromatic N) is 2. The van der Waals surface area contributed by atoms with E-state index in [9.17, 15) is 0 Å². The summed E-state index contributed by atoms with van der Waals surface area (Å²) < 4.78 is 1.04. The summed E-state index contributed by atoms with van der Waals surface area (Å²) in [6.07, 6.45) is 0. The van der Waals surface area contributed by atoms with E-state index in [4.69, 9.17) is 9.97 Å². The molecule has 0 atom stereocenters. The number of hydrogen-bond acceptors (Lipinski definition) is 2. The highest BCUT2D eigenvalue weighted by Gasteiger charge is 2.17. The van der Waals surface area contributed by atoms with E-state index in [0.717, 1.165) is 48.8 Å². The fourth-order valence-electron chi connectivity index (χ4n) is 4.27. The van der Waals surface area contributed by atoms with Crippen LogP contribution in [0.5, 0.6) is 0 Å². The van der Waals surface area contributed by atoms with Gasteiger partial charge < -0.3 is 0 Å². The molecule has 146 valence electrons. The van der Waals surface area contributed by atoms with Gasteiger partial charge in [0.05, 0.1) is 22.4 Å². The Morgan fingerprint density at radius 3 is 1.35 bits per heavy atom. The SMILES string of the molecule is Brc1ccc(-c2nc3c4ccccc4c4ccccc4c3nc2-c2ccccc2)cc1. The zero-order valence-corrected chi connectivity index (χ0v) is 18.2. The van der Waals surface area contributed by atoms with Crippen LogP contribution in [0.15, 0.2) is 108 Å². The number of fused-ring (bicyclic) bond motifs is 6. The highest BCUT2D eigenvalue weighted by atomic mass is 79.9. The van der Waals surface area contributed by atoms with Crippen molar-refractivity contribution in [3.05, 3.63) is 108 Å². The molecule has 0 radical (unpaired) electrons. The van der Waals surface area contributed by atoms with Crippen LogP contribution in [0.25, 0.3) is 55.1 Å². The van der Waals surface area contributed by atoms with Crippen LogP contribution >= 0.6 is 15.9 Å². The predicted octanol–water partition coefficient (Wildman–Crippen LogP) is 8.03. The summed E-state index contributed by atoms with van der Waals surface area (Å²) in [5.74, 6) is 0. The van der Waals surface area contributed by atoms with Gasteiger partial charge in [0.15, 0.2) is 0 Å². The molecule has 0 bridgehead atoms. The molecule has 0 aliphatic rings. The van der Waals surface area contributed by atoms with Crippen molar-refractivity contribution >= 4 is 48.5 Å². The molecule has 0 N–H and O–H groups in total. The molecule has 6 aromatic rings. The molecule has 0 aliphatic heterocycles. The van der Waals surface area contributed by atoms with Gasteiger partial charge in [-0.2, -0.15) is 0 Å². The van der Waals surface area contributed by atoms with Gasteiger partial charge in [0.1, 0.15) is 0 Å². The summed E-state index contributed by atoms with van der Waals surface area (Å²) in [6.45, 7) is 0. The van der Waals surface area contributed by atoms with Gasteiger partial charge in [-0.05, 0) is 22.9 Å². The van der Waals surface area contributed by atoms with Crippen molar-refractivity contribution in [1.29, 1.82) is 0 Å². The first-order chi connectivity index (χ1) is 15.3. The van der Waals surface area contributed by atoms with Crippen LogP contribution < -0.4 is 0 Å². The topological polar surface area (TPSA) is 25.8 Å². The lowest BCUT2D eigenvalue weighted by Gasteiger charge is -2.14. The smallest absolute Gasteiger partial charge is 0.0979 e. The molecule has 3 heteroatoms. The fraction of sp³-hybridized carbons (Fsp3) is 0. The van der Waals surface area contributed by atoms with Gasteiger partial charge in [0, 0.05) is 26.4 Å². The minimum absolute atomic E-state index is 0.895. The molecule has 1 heterocycles. The molecule has 1 aromatic heterocycles. The lowest BCUT2D eigenvalue weighted by Crippen LogP contribution is -1.97. The Morgan fingerprint density at radius 2 is 0.839 bits per heavy atom. The van der Waals surface area contributed by atoms with Crippen molar-refractivity contribution in [3.8, 4) is 22.5 Å². The van der Waals surface area contributed by atoms with Crippen LogP contribution in [0.2, 0.25) is 0 Å². The molecule has 0 amide bonds. The summed E-state index contributed by atoms with van der Waals surface area (Å²) in [4.78, 5) is 10.5. The summed E-state index contributed by atoms with van der Waals surface area (Å²) >= 11 is 3.54. The molecule has 0 saturated heterocycles. The van der Waals surface area contributed by atoms with Gasteiger partial charge in [0.25, 0.3) is 0 Å². The molecule has 0 spiro atoms. The Kier molecular flexibility index (Phi) is 4.29. The number of benzene rings is 5. The van der Waals surface area contributed by atoms with Gasteiger partial charge >= 0.3 is 0 Å². The summed E-state index contributed by atoms with van der Waals surface area (Å²) in [5.41, 5.74) is 5.78. The van der Waals surface area contributed by atoms with E-state index in [1.165, 1.54) is 10.8 Å². The second kappa shape index (κ2) is 7.29. The predicted molar refractivity (Wildman–Crippen MR) is 133 cm³/mol. The van der Waals surface area contributed by atoms with Crippen LogP contribution in [0.3, 0.4) is 0 Å². The molecule has 0 aliphatic carbocycles. The van der Waals surface area contributed by atoms with Crippen LogP contribution in [0.4, 0.5) is 0 Å². The molecule has 0 fully saturated rings. The van der Waals surface area contributed by atoms with Gasteiger partial charge in [0.2, 0.25) is 0 Å². The molecule has 31 heavy (non-hydrogen) atoms. The summed E-state index contributed by atoms with van der Waals surface area (Å²) in [6, 6.07) is 35.6. The van der Waals surface area contributed by atoms with Crippen molar-refractivity contribution in [2.24, 2.45) is 0 Å². The maximum absolute atomic E-state index is 5.25. The molecular formula is C28H17BrN2. The van der Waals surface area contributed by atoms with Crippen molar-refractivity contribution < 1.29 is 0 Å². The first-order valence-electron chi connectivity index (χ1n) is 10.2. The van der Waals surface area contributed by atoms with Crippen LogP contribution in [-0.2, 0) is 0 Å². The van der Waals surface area contributed by atoms with Crippen molar-refractivity contribution in [1.82, 2.24) is 9.97 Å². The van der Waals surface area contributed by atoms with E-state index in [2.05, 4.69) is 101 Å². The minimum Gasteiger partial charge on any atom is -0.243 e. The van der Waals surface area contributed by atoms with Crippen LogP contribution in [-0.4, -0.2) is 9.97 Å². The Morgan fingerprint density at radius 1 is 0.419 bits per heavy atom. The third kappa shape index (κ3) is 3.01. The third-order valence-electron chi connectivity index (χ3n) is 5.72. The average molecular weight is 461 g/mol. The molecule has 0 saturated carbocycles. The maximum Gasteiger partial charge on any atom is 0.0979 e. The van der Waals surface area contributed by atoms with Gasteiger partial charge in [-0.25, -0.2) is 9.97 Å². The lowest BCUT2D eigenvalue weighted by atomic mass is 9.98.